The van der Waals surface area contributed by atoms with Gasteiger partial charge in [-0.25, -0.2) is 9.18 Å². The molecule has 1 N–H and O–H groups in total. The van der Waals surface area contributed by atoms with Crippen molar-refractivity contribution in [3.63, 3.8) is 0 Å². The van der Waals surface area contributed by atoms with E-state index < -0.39 is 11.8 Å². The smallest absolute Gasteiger partial charge is 0.384 e. The van der Waals surface area contributed by atoms with Gasteiger partial charge in [0.2, 0.25) is 0 Å². The Labute approximate surface area is 80.1 Å². The zero-order chi connectivity index (χ0) is 10.6. The minimum atomic E-state index is -0.785. The molecule has 1 aromatic rings. The monoisotopic (exact) mass is 194 g/mol. The molecule has 0 fully saturated rings. The lowest BCUT2D eigenvalue weighted by Gasteiger charge is -1.96. The van der Waals surface area contributed by atoms with Gasteiger partial charge in [-0.15, -0.1) is 0 Å². The van der Waals surface area contributed by atoms with Crippen LogP contribution in [0, 0.1) is 17.7 Å². The fourth-order valence-electron chi connectivity index (χ4n) is 0.801. The van der Waals surface area contributed by atoms with Crippen LogP contribution in [0.4, 0.5) is 4.39 Å². The van der Waals surface area contributed by atoms with Crippen molar-refractivity contribution in [2.75, 3.05) is 7.11 Å². The Morgan fingerprint density at radius 3 is 2.86 bits per heavy atom. The molecule has 0 saturated heterocycles. The van der Waals surface area contributed by atoms with E-state index in [1.807, 2.05) is 5.92 Å². The third-order valence-corrected chi connectivity index (χ3v) is 1.47. The third kappa shape index (κ3) is 2.23. The van der Waals surface area contributed by atoms with Crippen molar-refractivity contribution in [2.24, 2.45) is 0 Å². The van der Waals surface area contributed by atoms with Gasteiger partial charge in [-0.05, 0) is 18.1 Å². The van der Waals surface area contributed by atoms with Gasteiger partial charge in [0.05, 0.1) is 7.11 Å². The second-order valence-corrected chi connectivity index (χ2v) is 2.38. The second-order valence-electron chi connectivity index (χ2n) is 2.38. The summed E-state index contributed by atoms with van der Waals surface area (Å²) >= 11 is 0. The van der Waals surface area contributed by atoms with Crippen LogP contribution in [0.3, 0.4) is 0 Å². The molecule has 0 aromatic heterocycles. The van der Waals surface area contributed by atoms with Gasteiger partial charge in [0, 0.05) is 5.92 Å². The number of ether oxygens (including phenoxy) is 1. The van der Waals surface area contributed by atoms with Gasteiger partial charge < -0.3 is 9.84 Å². The van der Waals surface area contributed by atoms with E-state index in [9.17, 15) is 14.3 Å². The molecule has 0 radical (unpaired) electrons. The maximum absolute atomic E-state index is 13.0. The van der Waals surface area contributed by atoms with Crippen LogP contribution in [0.5, 0.6) is 5.75 Å². The molecule has 0 bridgehead atoms. The minimum Gasteiger partial charge on any atom is -0.507 e. The first-order valence-electron chi connectivity index (χ1n) is 3.72. The highest BCUT2D eigenvalue weighted by molar-refractivity contribution is 5.89. The maximum atomic E-state index is 13.0. The lowest BCUT2D eigenvalue weighted by Crippen LogP contribution is -1.95. The van der Waals surface area contributed by atoms with E-state index in [2.05, 4.69) is 10.7 Å². The van der Waals surface area contributed by atoms with Crippen LogP contribution in [0.1, 0.15) is 5.56 Å². The van der Waals surface area contributed by atoms with E-state index in [0.29, 0.717) is 0 Å². The minimum absolute atomic E-state index is 0.210. The van der Waals surface area contributed by atoms with Crippen LogP contribution in [0.2, 0.25) is 0 Å². The number of carbonyl (C=O) groups excluding carboxylic acids is 1. The summed E-state index contributed by atoms with van der Waals surface area (Å²) in [6, 6.07) is 3.76. The Hall–Kier alpha value is -2.02. The number of benzene rings is 1. The van der Waals surface area contributed by atoms with E-state index >= 15 is 0 Å². The lowest BCUT2D eigenvalue weighted by atomic mass is 10.2. The van der Waals surface area contributed by atoms with Gasteiger partial charge in [0.15, 0.2) is 0 Å². The highest BCUT2D eigenvalue weighted by atomic mass is 19.1. The highest BCUT2D eigenvalue weighted by Gasteiger charge is 2.04. The molecular formula is C10H7FO3. The normalized spacial score (nSPS) is 8.71. The van der Waals surface area contributed by atoms with Gasteiger partial charge in [0.25, 0.3) is 0 Å². The number of phenolic OH excluding ortho intramolecular Hbond substituents is 1. The quantitative estimate of drug-likeness (QED) is 0.496. The van der Waals surface area contributed by atoms with Crippen LogP contribution in [-0.2, 0) is 9.53 Å². The summed E-state index contributed by atoms with van der Waals surface area (Å²) in [5, 5.41) is 9.18. The molecule has 0 unspecified atom stereocenters. The lowest BCUT2D eigenvalue weighted by molar-refractivity contribution is -0.133. The third-order valence-electron chi connectivity index (χ3n) is 1.47. The Kier molecular flexibility index (Phi) is 3.08. The topological polar surface area (TPSA) is 46.5 Å². The van der Waals surface area contributed by atoms with Crippen LogP contribution in [0.15, 0.2) is 18.2 Å². The van der Waals surface area contributed by atoms with E-state index in [4.69, 9.17) is 0 Å². The number of phenols is 1. The fourth-order valence-corrected chi connectivity index (χ4v) is 0.801. The van der Waals surface area contributed by atoms with Crippen LogP contribution >= 0.6 is 0 Å². The highest BCUT2D eigenvalue weighted by Crippen LogP contribution is 2.17. The van der Waals surface area contributed by atoms with Crippen molar-refractivity contribution in [1.82, 2.24) is 0 Å². The van der Waals surface area contributed by atoms with E-state index in [0.717, 1.165) is 13.2 Å². The molecule has 0 aliphatic rings. The summed E-state index contributed by atoms with van der Waals surface area (Å²) < 4.78 is 17.2. The maximum Gasteiger partial charge on any atom is 0.384 e. The number of esters is 1. The first-order valence-corrected chi connectivity index (χ1v) is 3.72. The van der Waals surface area contributed by atoms with Crippen LogP contribution < -0.4 is 0 Å². The molecule has 14 heavy (non-hydrogen) atoms. The van der Waals surface area contributed by atoms with Crippen LogP contribution in [0.25, 0.3) is 0 Å². The van der Waals surface area contributed by atoms with Gasteiger partial charge in [-0.1, -0.05) is 6.07 Å². The average molecular weight is 194 g/mol. The number of hydrogen-bond donors (Lipinski definition) is 1. The van der Waals surface area contributed by atoms with Crippen molar-refractivity contribution >= 4 is 5.97 Å². The number of rotatable bonds is 0. The van der Waals surface area contributed by atoms with Gasteiger partial charge in [-0.2, -0.15) is 0 Å². The molecule has 0 heterocycles. The molecule has 0 atom stereocenters. The van der Waals surface area contributed by atoms with Gasteiger partial charge in [-0.3, -0.25) is 0 Å². The summed E-state index contributed by atoms with van der Waals surface area (Å²) in [7, 11) is 1.16. The molecule has 1 rings (SSSR count). The number of methoxy groups -OCH3 is 1. The SMILES string of the molecule is COC(=O)C#Cc1c(O)cccc1F. The molecule has 0 aliphatic heterocycles. The summed E-state index contributed by atoms with van der Waals surface area (Å²) in [6.45, 7) is 0. The summed E-state index contributed by atoms with van der Waals surface area (Å²) in [4.78, 5) is 10.6. The fraction of sp³-hybridized carbons (Fsp3) is 0.100. The number of halogens is 1. The van der Waals surface area contributed by atoms with Gasteiger partial charge in [0.1, 0.15) is 17.1 Å². The number of hydrogen-bond acceptors (Lipinski definition) is 3. The summed E-state index contributed by atoms with van der Waals surface area (Å²) in [6.07, 6.45) is 0. The average Bonchev–Trinajstić information content (AvgIpc) is 2.16. The zero-order valence-corrected chi connectivity index (χ0v) is 7.37. The predicted octanol–water partition coefficient (Wildman–Crippen LogP) is 1.06. The van der Waals surface area contributed by atoms with Crippen molar-refractivity contribution < 1.29 is 19.0 Å². The Morgan fingerprint density at radius 2 is 2.29 bits per heavy atom. The second kappa shape index (κ2) is 4.28. The Bertz CT molecular complexity index is 395. The molecule has 0 spiro atoms. The van der Waals surface area contributed by atoms with Crippen LogP contribution in [-0.4, -0.2) is 18.2 Å². The summed E-state index contributed by atoms with van der Waals surface area (Å²) in [5.41, 5.74) is -0.210. The Balaban J connectivity index is 3.06. The van der Waals surface area contributed by atoms with E-state index in [-0.39, 0.29) is 11.3 Å². The van der Waals surface area contributed by atoms with Crippen molar-refractivity contribution in [1.29, 1.82) is 0 Å². The van der Waals surface area contributed by atoms with E-state index in [1.165, 1.54) is 12.1 Å². The molecule has 0 amide bonds. The number of carbonyl (C=O) groups is 1. The Morgan fingerprint density at radius 1 is 1.57 bits per heavy atom. The predicted molar refractivity (Wildman–Crippen MR) is 47.0 cm³/mol. The number of aromatic hydroxyl groups is 1. The van der Waals surface area contributed by atoms with E-state index in [1.54, 1.807) is 0 Å². The molecule has 1 aromatic carbocycles. The standard InChI is InChI=1S/C10H7FO3/c1-14-10(13)6-5-7-8(11)3-2-4-9(7)12/h2-4,12H,1H3. The zero-order valence-electron chi connectivity index (χ0n) is 7.37. The van der Waals surface area contributed by atoms with Gasteiger partial charge >= 0.3 is 5.97 Å². The molecule has 0 aliphatic carbocycles. The first-order chi connectivity index (χ1) is 6.65. The molecule has 4 heteroatoms. The molecule has 3 nitrogen and oxygen atoms in total. The first kappa shape index (κ1) is 10.1. The van der Waals surface area contributed by atoms with Crippen molar-refractivity contribution in [3.05, 3.63) is 29.6 Å². The molecule has 0 saturated carbocycles. The van der Waals surface area contributed by atoms with Crippen molar-refractivity contribution in [3.8, 4) is 17.6 Å². The summed E-state index contributed by atoms with van der Waals surface area (Å²) in [5.74, 6) is 2.43. The molecular weight excluding hydrogens is 187 g/mol. The largest absolute Gasteiger partial charge is 0.507 e. The molecule has 72 valence electrons. The van der Waals surface area contributed by atoms with Crippen molar-refractivity contribution in [2.45, 2.75) is 0 Å².